The van der Waals surface area contributed by atoms with Crippen LogP contribution in [0, 0.1) is 11.8 Å². The lowest BCUT2D eigenvalue weighted by molar-refractivity contribution is -0.188. The Balaban J connectivity index is 1.79. The molecule has 1 aromatic carbocycles. The molecule has 0 radical (unpaired) electrons. The molecule has 3 atom stereocenters. The van der Waals surface area contributed by atoms with Gasteiger partial charge in [-0.15, -0.1) is 0 Å². The van der Waals surface area contributed by atoms with Gasteiger partial charge in [-0.1, -0.05) is 30.3 Å². The van der Waals surface area contributed by atoms with Crippen LogP contribution in [0.1, 0.15) is 18.9 Å². The number of aromatic nitrogens is 1. The van der Waals surface area contributed by atoms with Crippen LogP contribution in [0.5, 0.6) is 0 Å². The Hall–Kier alpha value is -2.35. The van der Waals surface area contributed by atoms with Crippen LogP contribution in [0.2, 0.25) is 0 Å². The number of hydrogen-bond donors (Lipinski definition) is 1. The van der Waals surface area contributed by atoms with Crippen LogP contribution in [0.4, 0.5) is 13.2 Å². The van der Waals surface area contributed by atoms with Crippen LogP contribution in [0.15, 0.2) is 40.9 Å². The van der Waals surface area contributed by atoms with Gasteiger partial charge in [0.1, 0.15) is 0 Å². The van der Waals surface area contributed by atoms with Crippen LogP contribution in [0.3, 0.4) is 0 Å². The van der Waals surface area contributed by atoms with Crippen molar-refractivity contribution in [3.8, 4) is 11.3 Å². The summed E-state index contributed by atoms with van der Waals surface area (Å²) in [5, 5.41) is 9.10. The summed E-state index contributed by atoms with van der Waals surface area (Å²) in [6.45, 7) is 1.09. The normalized spacial score (nSPS) is 22.9. The van der Waals surface area contributed by atoms with Gasteiger partial charge in [0, 0.05) is 18.7 Å². The third kappa shape index (κ3) is 3.53. The highest BCUT2D eigenvalue weighted by molar-refractivity contribution is 5.71. The molecule has 25 heavy (non-hydrogen) atoms. The zero-order valence-electron chi connectivity index (χ0n) is 13.4. The van der Waals surface area contributed by atoms with E-state index < -0.39 is 30.0 Å². The summed E-state index contributed by atoms with van der Waals surface area (Å²) in [7, 11) is 0. The van der Waals surface area contributed by atoms with Gasteiger partial charge in [-0.2, -0.15) is 13.2 Å². The first kappa shape index (κ1) is 17.5. The molecule has 1 fully saturated rings. The number of aliphatic carboxylic acids is 1. The number of likely N-dealkylation sites (tertiary alicyclic amines) is 1. The quantitative estimate of drug-likeness (QED) is 0.909. The number of alkyl halides is 3. The fraction of sp³-hybridized carbons (Fsp3) is 0.412. The van der Waals surface area contributed by atoms with Crippen LogP contribution in [-0.2, 0) is 4.79 Å². The summed E-state index contributed by atoms with van der Waals surface area (Å²) in [6, 6.07) is 8.67. The van der Waals surface area contributed by atoms with Crippen molar-refractivity contribution in [3.05, 3.63) is 42.4 Å². The monoisotopic (exact) mass is 354 g/mol. The largest absolute Gasteiger partial charge is 0.481 e. The van der Waals surface area contributed by atoms with E-state index in [-0.39, 0.29) is 19.0 Å². The number of halogens is 3. The molecular formula is C17H17F3N2O3. The first-order valence-electron chi connectivity index (χ1n) is 7.82. The predicted octanol–water partition coefficient (Wildman–Crippen LogP) is 3.60. The highest BCUT2D eigenvalue weighted by atomic mass is 19.4. The highest BCUT2D eigenvalue weighted by Crippen LogP contribution is 2.40. The van der Waals surface area contributed by atoms with Crippen LogP contribution < -0.4 is 0 Å². The number of carboxylic acids is 1. The molecule has 2 heterocycles. The maximum absolute atomic E-state index is 13.1. The maximum atomic E-state index is 13.1. The van der Waals surface area contributed by atoms with Crippen molar-refractivity contribution in [1.29, 1.82) is 0 Å². The Kier molecular flexibility index (Phi) is 4.55. The van der Waals surface area contributed by atoms with Gasteiger partial charge in [0.15, 0.2) is 5.76 Å². The first-order valence-corrected chi connectivity index (χ1v) is 7.82. The third-order valence-corrected chi connectivity index (χ3v) is 4.57. The summed E-state index contributed by atoms with van der Waals surface area (Å²) in [5.74, 6) is -4.02. The Labute approximate surface area is 142 Å². The van der Waals surface area contributed by atoms with E-state index in [4.69, 9.17) is 9.52 Å². The molecule has 1 aliphatic heterocycles. The molecule has 0 amide bonds. The summed E-state index contributed by atoms with van der Waals surface area (Å²) in [4.78, 5) is 16.8. The van der Waals surface area contributed by atoms with Crippen molar-refractivity contribution in [1.82, 2.24) is 9.88 Å². The van der Waals surface area contributed by atoms with Gasteiger partial charge in [-0.25, -0.2) is 4.98 Å². The number of nitrogens with zero attached hydrogens (tertiary/aromatic N) is 2. The van der Waals surface area contributed by atoms with Gasteiger partial charge >= 0.3 is 12.1 Å². The SMILES string of the molecule is CC(c1ncc(-c2ccccc2)o1)N1C[C@@H](C(F)(F)F)[C@H](C(=O)O)C1. The molecule has 1 aromatic heterocycles. The van der Waals surface area contributed by atoms with Gasteiger partial charge in [0.25, 0.3) is 0 Å². The Morgan fingerprint density at radius 1 is 1.32 bits per heavy atom. The molecule has 0 bridgehead atoms. The molecule has 5 nitrogen and oxygen atoms in total. The van der Waals surface area contributed by atoms with Crippen LogP contribution in [-0.4, -0.2) is 40.2 Å². The van der Waals surface area contributed by atoms with Crippen molar-refractivity contribution in [2.75, 3.05) is 13.1 Å². The van der Waals surface area contributed by atoms with Gasteiger partial charge in [-0.05, 0) is 6.92 Å². The number of carbonyl (C=O) groups is 1. The molecular weight excluding hydrogens is 337 g/mol. The Morgan fingerprint density at radius 3 is 2.56 bits per heavy atom. The zero-order chi connectivity index (χ0) is 18.2. The smallest absolute Gasteiger partial charge is 0.393 e. The number of carboxylic acid groups (broad SMARTS) is 1. The minimum absolute atomic E-state index is 0.191. The second-order valence-electron chi connectivity index (χ2n) is 6.15. The van der Waals surface area contributed by atoms with E-state index in [1.54, 1.807) is 6.92 Å². The van der Waals surface area contributed by atoms with Crippen molar-refractivity contribution in [2.24, 2.45) is 11.8 Å². The number of oxazole rings is 1. The van der Waals surface area contributed by atoms with Gasteiger partial charge in [-0.3, -0.25) is 9.69 Å². The van der Waals surface area contributed by atoms with Gasteiger partial charge in [0.2, 0.25) is 5.89 Å². The Bertz CT molecular complexity index is 745. The van der Waals surface area contributed by atoms with E-state index in [2.05, 4.69) is 4.98 Å². The van der Waals surface area contributed by atoms with Gasteiger partial charge < -0.3 is 9.52 Å². The fourth-order valence-corrected chi connectivity index (χ4v) is 3.11. The summed E-state index contributed by atoms with van der Waals surface area (Å²) < 4.78 is 45.0. The molecule has 0 spiro atoms. The van der Waals surface area contributed by atoms with E-state index in [1.807, 2.05) is 30.3 Å². The van der Waals surface area contributed by atoms with Crippen LogP contribution in [0.25, 0.3) is 11.3 Å². The molecule has 1 unspecified atom stereocenters. The third-order valence-electron chi connectivity index (χ3n) is 4.57. The predicted molar refractivity (Wildman–Crippen MR) is 82.6 cm³/mol. The maximum Gasteiger partial charge on any atom is 0.393 e. The topological polar surface area (TPSA) is 66.6 Å². The lowest BCUT2D eigenvalue weighted by Gasteiger charge is -2.22. The second-order valence-corrected chi connectivity index (χ2v) is 6.15. The molecule has 1 N–H and O–H groups in total. The van der Waals surface area contributed by atoms with E-state index in [0.717, 1.165) is 5.56 Å². The fourth-order valence-electron chi connectivity index (χ4n) is 3.11. The molecule has 8 heteroatoms. The molecule has 0 saturated carbocycles. The lowest BCUT2D eigenvalue weighted by atomic mass is 9.96. The zero-order valence-corrected chi connectivity index (χ0v) is 13.4. The van der Waals surface area contributed by atoms with E-state index in [9.17, 15) is 18.0 Å². The Morgan fingerprint density at radius 2 is 2.00 bits per heavy atom. The molecule has 0 aliphatic carbocycles. The molecule has 134 valence electrons. The van der Waals surface area contributed by atoms with Crippen LogP contribution >= 0.6 is 0 Å². The first-order chi connectivity index (χ1) is 11.8. The molecule has 2 aromatic rings. The van der Waals surface area contributed by atoms with Crippen molar-refractivity contribution in [2.45, 2.75) is 19.1 Å². The standard InChI is InChI=1S/C17H17F3N2O3/c1-10(15-21-7-14(25-15)11-5-3-2-4-6-11)22-8-12(16(23)24)13(9-22)17(18,19)20/h2-7,10,12-13H,8-9H2,1H3,(H,23,24)/t10?,12-,13-/m1/s1. The number of rotatable bonds is 4. The number of hydrogen-bond acceptors (Lipinski definition) is 4. The van der Waals surface area contributed by atoms with E-state index >= 15 is 0 Å². The summed E-state index contributed by atoms with van der Waals surface area (Å²) >= 11 is 0. The van der Waals surface area contributed by atoms with Crippen molar-refractivity contribution >= 4 is 5.97 Å². The number of benzene rings is 1. The molecule has 3 rings (SSSR count). The average molecular weight is 354 g/mol. The van der Waals surface area contributed by atoms with Crippen molar-refractivity contribution in [3.63, 3.8) is 0 Å². The summed E-state index contributed by atoms with van der Waals surface area (Å²) in [6.07, 6.45) is -3.03. The van der Waals surface area contributed by atoms with Gasteiger partial charge in [0.05, 0.1) is 24.1 Å². The molecule has 1 saturated heterocycles. The minimum Gasteiger partial charge on any atom is -0.481 e. The van der Waals surface area contributed by atoms with E-state index in [1.165, 1.54) is 11.1 Å². The van der Waals surface area contributed by atoms with E-state index in [0.29, 0.717) is 5.76 Å². The summed E-state index contributed by atoms with van der Waals surface area (Å²) in [5.41, 5.74) is 0.812. The lowest BCUT2D eigenvalue weighted by Crippen LogP contribution is -2.33. The van der Waals surface area contributed by atoms with Crippen molar-refractivity contribution < 1.29 is 27.5 Å². The second kappa shape index (κ2) is 6.51. The molecule has 1 aliphatic rings. The average Bonchev–Trinajstić information content (AvgIpc) is 3.22. The highest BCUT2D eigenvalue weighted by Gasteiger charge is 2.53. The minimum atomic E-state index is -4.55.